The quantitative estimate of drug-likeness (QED) is 0.642. The second kappa shape index (κ2) is 5.62. The first-order chi connectivity index (χ1) is 6.33. The maximum Gasteiger partial charge on any atom is 0.314 e. The van der Waals surface area contributed by atoms with E-state index in [2.05, 4.69) is 16.7 Å². The molecule has 13 heavy (non-hydrogen) atoms. The van der Waals surface area contributed by atoms with E-state index in [-0.39, 0.29) is 6.03 Å². The van der Waals surface area contributed by atoms with Gasteiger partial charge in [-0.15, -0.1) is 0 Å². The molecule has 0 atom stereocenters. The number of urea groups is 1. The van der Waals surface area contributed by atoms with Gasteiger partial charge in [0.1, 0.15) is 0 Å². The highest BCUT2D eigenvalue weighted by Gasteiger charge is 2.03. The van der Waals surface area contributed by atoms with Crippen LogP contribution in [0.25, 0.3) is 0 Å². The molecule has 0 saturated carbocycles. The first kappa shape index (κ1) is 10.1. The Morgan fingerprint density at radius 2 is 2.38 bits per heavy atom. The minimum atomic E-state index is -0.0867. The zero-order valence-corrected chi connectivity index (χ0v) is 8.23. The van der Waals surface area contributed by atoms with Crippen LogP contribution in [0.4, 0.5) is 4.79 Å². The van der Waals surface area contributed by atoms with Gasteiger partial charge in [-0.3, -0.25) is 0 Å². The van der Waals surface area contributed by atoms with Crippen molar-refractivity contribution >= 4 is 6.03 Å². The Hall–Kier alpha value is -0.990. The highest BCUT2D eigenvalue weighted by molar-refractivity contribution is 5.73. The average molecular weight is 182 g/mol. The number of nitrogens with one attached hydrogen (secondary N) is 2. The van der Waals surface area contributed by atoms with Gasteiger partial charge >= 0.3 is 6.03 Å². The van der Waals surface area contributed by atoms with Crippen LogP contribution >= 0.6 is 0 Å². The fourth-order valence-corrected chi connectivity index (χ4v) is 1.56. The van der Waals surface area contributed by atoms with E-state index in [9.17, 15) is 4.79 Å². The Morgan fingerprint density at radius 3 is 3.00 bits per heavy atom. The molecule has 74 valence electrons. The number of carbonyl (C=O) groups is 1. The highest BCUT2D eigenvalue weighted by Crippen LogP contribution is 2.19. The van der Waals surface area contributed by atoms with Crippen LogP contribution in [0.3, 0.4) is 0 Å². The molecule has 0 bridgehead atoms. The van der Waals surface area contributed by atoms with Crippen molar-refractivity contribution in [3.05, 3.63) is 11.6 Å². The molecular weight excluding hydrogens is 164 g/mol. The third kappa shape index (κ3) is 3.97. The molecule has 3 heteroatoms. The fraction of sp³-hybridized carbons (Fsp3) is 0.700. The van der Waals surface area contributed by atoms with Crippen LogP contribution in [0.1, 0.15) is 32.1 Å². The topological polar surface area (TPSA) is 41.1 Å². The summed E-state index contributed by atoms with van der Waals surface area (Å²) in [6, 6.07) is -0.0867. The molecule has 0 unspecified atom stereocenters. The van der Waals surface area contributed by atoms with E-state index in [0.717, 1.165) is 13.0 Å². The van der Waals surface area contributed by atoms with Crippen LogP contribution in [0.15, 0.2) is 11.6 Å². The number of hydrogen-bond donors (Lipinski definition) is 2. The molecule has 1 aliphatic rings. The van der Waals surface area contributed by atoms with Gasteiger partial charge in [-0.05, 0) is 32.1 Å². The number of allylic oxidation sites excluding steroid dienone is 1. The van der Waals surface area contributed by atoms with Crippen LogP contribution in [0, 0.1) is 0 Å². The zero-order chi connectivity index (χ0) is 9.52. The lowest BCUT2D eigenvalue weighted by atomic mass is 9.97. The monoisotopic (exact) mass is 182 g/mol. The molecule has 0 heterocycles. The second-order valence-electron chi connectivity index (χ2n) is 3.36. The van der Waals surface area contributed by atoms with E-state index < -0.39 is 0 Å². The predicted molar refractivity (Wildman–Crippen MR) is 53.6 cm³/mol. The summed E-state index contributed by atoms with van der Waals surface area (Å²) in [7, 11) is 1.63. The minimum Gasteiger partial charge on any atom is -0.341 e. The molecule has 0 radical (unpaired) electrons. The van der Waals surface area contributed by atoms with E-state index in [1.807, 2.05) is 0 Å². The van der Waals surface area contributed by atoms with Crippen molar-refractivity contribution in [2.75, 3.05) is 13.6 Å². The molecule has 1 rings (SSSR count). The number of rotatable bonds is 3. The average Bonchev–Trinajstić information content (AvgIpc) is 2.19. The van der Waals surface area contributed by atoms with Crippen molar-refractivity contribution in [1.82, 2.24) is 10.6 Å². The van der Waals surface area contributed by atoms with Gasteiger partial charge < -0.3 is 10.6 Å². The molecule has 0 aliphatic heterocycles. The van der Waals surface area contributed by atoms with Crippen molar-refractivity contribution in [2.45, 2.75) is 32.1 Å². The molecule has 3 nitrogen and oxygen atoms in total. The summed E-state index contributed by atoms with van der Waals surface area (Å²) < 4.78 is 0. The molecular formula is C10H18N2O. The van der Waals surface area contributed by atoms with E-state index >= 15 is 0 Å². The third-order valence-corrected chi connectivity index (χ3v) is 2.34. The molecule has 0 spiro atoms. The number of carbonyl (C=O) groups excluding carboxylic acids is 1. The summed E-state index contributed by atoms with van der Waals surface area (Å²) in [6.07, 6.45) is 8.39. The van der Waals surface area contributed by atoms with E-state index in [1.54, 1.807) is 7.05 Å². The normalized spacial score (nSPS) is 16.2. The van der Waals surface area contributed by atoms with Crippen molar-refractivity contribution in [3.8, 4) is 0 Å². The maximum atomic E-state index is 10.8. The maximum absolute atomic E-state index is 10.8. The van der Waals surface area contributed by atoms with Crippen molar-refractivity contribution in [3.63, 3.8) is 0 Å². The van der Waals surface area contributed by atoms with Crippen molar-refractivity contribution in [1.29, 1.82) is 0 Å². The summed E-state index contributed by atoms with van der Waals surface area (Å²) in [5.74, 6) is 0. The first-order valence-electron chi connectivity index (χ1n) is 4.96. The van der Waals surface area contributed by atoms with E-state index in [4.69, 9.17) is 0 Å². The summed E-state index contributed by atoms with van der Waals surface area (Å²) >= 11 is 0. The standard InChI is InChI=1S/C10H18N2O/c1-11-10(13)12-8-7-9-5-3-2-4-6-9/h5H,2-4,6-8H2,1H3,(H2,11,12,13). The van der Waals surface area contributed by atoms with Crippen molar-refractivity contribution in [2.24, 2.45) is 0 Å². The van der Waals surface area contributed by atoms with Gasteiger partial charge in [0.05, 0.1) is 0 Å². The Bertz CT molecular complexity index is 199. The molecule has 0 aromatic rings. The third-order valence-electron chi connectivity index (χ3n) is 2.34. The molecule has 0 saturated heterocycles. The van der Waals surface area contributed by atoms with Gasteiger partial charge in [-0.2, -0.15) is 0 Å². The lowest BCUT2D eigenvalue weighted by Gasteiger charge is -2.12. The second-order valence-corrected chi connectivity index (χ2v) is 3.36. The SMILES string of the molecule is CNC(=O)NCCC1=CCCCC1. The van der Waals surface area contributed by atoms with Crippen LogP contribution in [0.5, 0.6) is 0 Å². The van der Waals surface area contributed by atoms with Gasteiger partial charge in [-0.25, -0.2) is 4.79 Å². The van der Waals surface area contributed by atoms with E-state index in [0.29, 0.717) is 0 Å². The molecule has 0 aromatic carbocycles. The molecule has 0 fully saturated rings. The summed E-state index contributed by atoms with van der Waals surface area (Å²) in [4.78, 5) is 10.8. The van der Waals surface area contributed by atoms with Gasteiger partial charge in [0.25, 0.3) is 0 Å². The Morgan fingerprint density at radius 1 is 1.54 bits per heavy atom. The smallest absolute Gasteiger partial charge is 0.314 e. The van der Waals surface area contributed by atoms with Gasteiger partial charge in [0.2, 0.25) is 0 Å². The largest absolute Gasteiger partial charge is 0.341 e. The zero-order valence-electron chi connectivity index (χ0n) is 8.23. The Kier molecular flexibility index (Phi) is 4.36. The minimum absolute atomic E-state index is 0.0867. The molecule has 2 N–H and O–H groups in total. The van der Waals surface area contributed by atoms with Crippen LogP contribution in [0.2, 0.25) is 0 Å². The van der Waals surface area contributed by atoms with Gasteiger partial charge in [0.15, 0.2) is 0 Å². The Balaban J connectivity index is 2.11. The molecule has 0 aromatic heterocycles. The Labute approximate surface area is 79.6 Å². The predicted octanol–water partition coefficient (Wildman–Crippen LogP) is 1.81. The first-order valence-corrected chi connectivity index (χ1v) is 4.96. The van der Waals surface area contributed by atoms with Crippen LogP contribution in [-0.4, -0.2) is 19.6 Å². The summed E-state index contributed by atoms with van der Waals surface area (Å²) in [6.45, 7) is 0.755. The summed E-state index contributed by atoms with van der Waals surface area (Å²) in [5.41, 5.74) is 1.50. The van der Waals surface area contributed by atoms with Gasteiger partial charge in [0, 0.05) is 13.6 Å². The highest BCUT2D eigenvalue weighted by atomic mass is 16.2. The molecule has 2 amide bonds. The van der Waals surface area contributed by atoms with E-state index in [1.165, 1.54) is 31.3 Å². The number of amides is 2. The summed E-state index contributed by atoms with van der Waals surface area (Å²) in [5, 5.41) is 5.32. The number of hydrogen-bond acceptors (Lipinski definition) is 1. The van der Waals surface area contributed by atoms with Gasteiger partial charge in [-0.1, -0.05) is 11.6 Å². The van der Waals surface area contributed by atoms with Crippen LogP contribution < -0.4 is 10.6 Å². The fourth-order valence-electron chi connectivity index (χ4n) is 1.56. The van der Waals surface area contributed by atoms with Crippen LogP contribution in [-0.2, 0) is 0 Å². The molecule has 1 aliphatic carbocycles. The lowest BCUT2D eigenvalue weighted by molar-refractivity contribution is 0.243. The lowest BCUT2D eigenvalue weighted by Crippen LogP contribution is -2.33. The van der Waals surface area contributed by atoms with Crippen molar-refractivity contribution < 1.29 is 4.79 Å².